The van der Waals surface area contributed by atoms with E-state index in [1.807, 2.05) is 0 Å². The van der Waals surface area contributed by atoms with E-state index in [4.69, 9.17) is 8.85 Å². The van der Waals surface area contributed by atoms with Crippen LogP contribution in [0.15, 0.2) is 4.99 Å². The van der Waals surface area contributed by atoms with E-state index in [9.17, 15) is 4.79 Å². The first-order valence-electron chi connectivity index (χ1n) is 4.94. The topological polar surface area (TPSA) is 47.9 Å². The van der Waals surface area contributed by atoms with Crippen molar-refractivity contribution in [2.45, 2.75) is 31.7 Å². The van der Waals surface area contributed by atoms with Crippen LogP contribution in [0.1, 0.15) is 25.7 Å². The van der Waals surface area contributed by atoms with E-state index in [0.717, 1.165) is 31.7 Å². The van der Waals surface area contributed by atoms with Crippen LogP contribution in [0.25, 0.3) is 0 Å². The average Bonchev–Trinajstić information content (AvgIpc) is 2.22. The van der Waals surface area contributed by atoms with Gasteiger partial charge in [-0.1, -0.05) is 19.3 Å². The SMILES string of the molecule is CO[SiH](CCCCCCN=C=O)OC. The number of aliphatic imine (C=N–C) groups is 1. The number of rotatable bonds is 9. The van der Waals surface area contributed by atoms with Crippen molar-refractivity contribution >= 4 is 15.4 Å². The van der Waals surface area contributed by atoms with Crippen LogP contribution in [0.5, 0.6) is 0 Å². The van der Waals surface area contributed by atoms with Gasteiger partial charge in [0.15, 0.2) is 0 Å². The first-order valence-corrected chi connectivity index (χ1v) is 6.70. The molecule has 0 fully saturated rings. The number of isocyanates is 1. The van der Waals surface area contributed by atoms with E-state index in [2.05, 4.69) is 4.99 Å². The number of hydrogen-bond donors (Lipinski definition) is 0. The molecule has 0 N–H and O–H groups in total. The zero-order valence-corrected chi connectivity index (χ0v) is 10.1. The molecule has 14 heavy (non-hydrogen) atoms. The Kier molecular flexibility index (Phi) is 10.2. The molecule has 0 saturated carbocycles. The fourth-order valence-corrected chi connectivity index (χ4v) is 2.52. The largest absolute Gasteiger partial charge is 0.400 e. The minimum absolute atomic E-state index is 0.610. The second-order valence-corrected chi connectivity index (χ2v) is 5.46. The molecule has 0 aromatic rings. The highest BCUT2D eigenvalue weighted by molar-refractivity contribution is 6.44. The first-order chi connectivity index (χ1) is 6.85. The highest BCUT2D eigenvalue weighted by atomic mass is 28.3. The Balaban J connectivity index is 3.15. The molecular weight excluding hydrogens is 198 g/mol. The maximum atomic E-state index is 9.74. The van der Waals surface area contributed by atoms with E-state index in [1.54, 1.807) is 14.2 Å². The van der Waals surface area contributed by atoms with Crippen LogP contribution >= 0.6 is 0 Å². The van der Waals surface area contributed by atoms with Crippen LogP contribution in [-0.4, -0.2) is 36.1 Å². The molecule has 0 aliphatic heterocycles. The van der Waals surface area contributed by atoms with Gasteiger partial charge in [0.05, 0.1) is 6.54 Å². The van der Waals surface area contributed by atoms with E-state index < -0.39 is 9.28 Å². The van der Waals surface area contributed by atoms with E-state index in [-0.39, 0.29) is 0 Å². The summed E-state index contributed by atoms with van der Waals surface area (Å²) < 4.78 is 10.4. The summed E-state index contributed by atoms with van der Waals surface area (Å²) in [6.07, 6.45) is 5.92. The molecule has 0 rings (SSSR count). The standard InChI is InChI=1S/C9H19NO3Si/c1-12-14(13-2)8-6-4-3-5-7-10-9-11/h14H,3-8H2,1-2H3. The summed E-state index contributed by atoms with van der Waals surface area (Å²) >= 11 is 0. The molecule has 0 aliphatic carbocycles. The van der Waals surface area contributed by atoms with Gasteiger partial charge in [0.2, 0.25) is 6.08 Å². The Bertz CT molecular complexity index is 167. The molecule has 0 radical (unpaired) electrons. The smallest absolute Gasteiger partial charge is 0.320 e. The van der Waals surface area contributed by atoms with Crippen LogP contribution in [0.3, 0.4) is 0 Å². The first kappa shape index (κ1) is 13.5. The maximum Gasteiger partial charge on any atom is 0.320 e. The van der Waals surface area contributed by atoms with Crippen LogP contribution in [-0.2, 0) is 13.6 Å². The molecule has 0 saturated heterocycles. The molecule has 0 aromatic heterocycles. The summed E-state index contributed by atoms with van der Waals surface area (Å²) in [5.41, 5.74) is 0. The van der Waals surface area contributed by atoms with Gasteiger partial charge in [0, 0.05) is 14.2 Å². The zero-order chi connectivity index (χ0) is 10.6. The lowest BCUT2D eigenvalue weighted by Gasteiger charge is -2.09. The average molecular weight is 217 g/mol. The highest BCUT2D eigenvalue weighted by Crippen LogP contribution is 2.07. The van der Waals surface area contributed by atoms with Gasteiger partial charge in [-0.15, -0.1) is 0 Å². The van der Waals surface area contributed by atoms with Crippen LogP contribution in [0.2, 0.25) is 6.04 Å². The Hall–Kier alpha value is -0.483. The van der Waals surface area contributed by atoms with Gasteiger partial charge < -0.3 is 8.85 Å². The highest BCUT2D eigenvalue weighted by Gasteiger charge is 2.07. The molecular formula is C9H19NO3Si. The van der Waals surface area contributed by atoms with Gasteiger partial charge in [0.25, 0.3) is 0 Å². The lowest BCUT2D eigenvalue weighted by atomic mass is 10.2. The third kappa shape index (κ3) is 8.13. The third-order valence-corrected chi connectivity index (χ3v) is 3.98. The Labute approximate surface area is 87.2 Å². The molecule has 0 spiro atoms. The predicted molar refractivity (Wildman–Crippen MR) is 57.4 cm³/mol. The Morgan fingerprint density at radius 3 is 2.36 bits per heavy atom. The maximum absolute atomic E-state index is 9.74. The van der Waals surface area contributed by atoms with Crippen molar-refractivity contribution in [2.75, 3.05) is 20.8 Å². The lowest BCUT2D eigenvalue weighted by Crippen LogP contribution is -2.18. The van der Waals surface area contributed by atoms with Gasteiger partial charge in [-0.3, -0.25) is 0 Å². The number of nitrogens with zero attached hydrogens (tertiary/aromatic N) is 1. The van der Waals surface area contributed by atoms with Crippen molar-refractivity contribution in [2.24, 2.45) is 4.99 Å². The molecule has 4 nitrogen and oxygen atoms in total. The predicted octanol–water partition coefficient (Wildman–Crippen LogP) is 1.40. The lowest BCUT2D eigenvalue weighted by molar-refractivity contribution is 0.276. The van der Waals surface area contributed by atoms with E-state index in [0.29, 0.717) is 6.54 Å². The van der Waals surface area contributed by atoms with Crippen molar-refractivity contribution in [3.05, 3.63) is 0 Å². The molecule has 0 heterocycles. The van der Waals surface area contributed by atoms with Gasteiger partial charge in [0.1, 0.15) is 0 Å². The summed E-state index contributed by atoms with van der Waals surface area (Å²) in [5.74, 6) is 0. The van der Waals surface area contributed by atoms with E-state index in [1.165, 1.54) is 6.08 Å². The number of carbonyl (C=O) groups excluding carboxylic acids is 1. The molecule has 0 unspecified atom stereocenters. The fraction of sp³-hybridized carbons (Fsp3) is 0.889. The van der Waals surface area contributed by atoms with Crippen LogP contribution in [0.4, 0.5) is 0 Å². The quantitative estimate of drug-likeness (QED) is 0.254. The summed E-state index contributed by atoms with van der Waals surface area (Å²) in [5, 5.41) is 0. The second kappa shape index (κ2) is 10.6. The minimum Gasteiger partial charge on any atom is -0.400 e. The Morgan fingerprint density at radius 2 is 1.79 bits per heavy atom. The molecule has 82 valence electrons. The number of unbranched alkanes of at least 4 members (excludes halogenated alkanes) is 3. The molecule has 0 aromatic carbocycles. The summed E-state index contributed by atoms with van der Waals surface area (Å²) in [4.78, 5) is 13.2. The van der Waals surface area contributed by atoms with Crippen molar-refractivity contribution in [3.8, 4) is 0 Å². The van der Waals surface area contributed by atoms with Gasteiger partial charge >= 0.3 is 9.28 Å². The van der Waals surface area contributed by atoms with E-state index >= 15 is 0 Å². The number of hydrogen-bond acceptors (Lipinski definition) is 4. The molecule has 0 bridgehead atoms. The monoisotopic (exact) mass is 217 g/mol. The van der Waals surface area contributed by atoms with Crippen molar-refractivity contribution in [3.63, 3.8) is 0 Å². The van der Waals surface area contributed by atoms with Gasteiger partial charge in [-0.05, 0) is 12.5 Å². The Morgan fingerprint density at radius 1 is 1.14 bits per heavy atom. The van der Waals surface area contributed by atoms with Crippen molar-refractivity contribution in [1.82, 2.24) is 0 Å². The summed E-state index contributed by atoms with van der Waals surface area (Å²) in [6, 6.07) is 1.06. The van der Waals surface area contributed by atoms with Gasteiger partial charge in [-0.2, -0.15) is 0 Å². The van der Waals surface area contributed by atoms with Gasteiger partial charge in [-0.25, -0.2) is 9.79 Å². The second-order valence-electron chi connectivity index (χ2n) is 3.08. The van der Waals surface area contributed by atoms with Crippen molar-refractivity contribution in [1.29, 1.82) is 0 Å². The molecule has 0 amide bonds. The molecule has 0 aliphatic rings. The molecule has 0 atom stereocenters. The summed E-state index contributed by atoms with van der Waals surface area (Å²) in [6.45, 7) is 0.610. The minimum atomic E-state index is -1.34. The summed E-state index contributed by atoms with van der Waals surface area (Å²) in [7, 11) is 2.07. The normalized spacial score (nSPS) is 10.2. The van der Waals surface area contributed by atoms with Crippen LogP contribution in [0, 0.1) is 0 Å². The van der Waals surface area contributed by atoms with Crippen molar-refractivity contribution < 1.29 is 13.6 Å². The van der Waals surface area contributed by atoms with Crippen LogP contribution < -0.4 is 0 Å². The fourth-order valence-electron chi connectivity index (χ4n) is 1.23. The molecule has 5 heteroatoms. The zero-order valence-electron chi connectivity index (χ0n) is 8.99. The third-order valence-electron chi connectivity index (χ3n) is 2.05.